The van der Waals surface area contributed by atoms with E-state index >= 15 is 0 Å². The number of anilines is 2. The highest BCUT2D eigenvalue weighted by atomic mass is 79.9. The largest absolute Gasteiger partial charge is 0.397 e. The minimum absolute atomic E-state index is 0.141. The first kappa shape index (κ1) is 13.6. The van der Waals surface area contributed by atoms with Crippen molar-refractivity contribution in [1.29, 1.82) is 0 Å². The van der Waals surface area contributed by atoms with Crippen molar-refractivity contribution < 1.29 is 9.50 Å². The quantitative estimate of drug-likeness (QED) is 0.821. The van der Waals surface area contributed by atoms with E-state index in [4.69, 9.17) is 10.8 Å². The molecule has 3 N–H and O–H groups in total. The third-order valence-electron chi connectivity index (χ3n) is 3.45. The third kappa shape index (κ3) is 2.78. The maximum absolute atomic E-state index is 13.6. The Balaban J connectivity index is 2.25. The third-order valence-corrected chi connectivity index (χ3v) is 4.06. The van der Waals surface area contributed by atoms with Gasteiger partial charge >= 0.3 is 0 Å². The van der Waals surface area contributed by atoms with Gasteiger partial charge in [-0.25, -0.2) is 4.39 Å². The lowest BCUT2D eigenvalue weighted by Gasteiger charge is -2.40. The van der Waals surface area contributed by atoms with Gasteiger partial charge in [0, 0.05) is 25.3 Å². The van der Waals surface area contributed by atoms with Crippen molar-refractivity contribution in [3.8, 4) is 0 Å². The van der Waals surface area contributed by atoms with Gasteiger partial charge in [-0.05, 0) is 47.7 Å². The molecule has 3 nitrogen and oxygen atoms in total. The molecule has 0 aliphatic heterocycles. The summed E-state index contributed by atoms with van der Waals surface area (Å²) in [4.78, 5) is 2.13. The van der Waals surface area contributed by atoms with Gasteiger partial charge in [-0.1, -0.05) is 0 Å². The summed E-state index contributed by atoms with van der Waals surface area (Å²) in [6, 6.07) is 3.52. The van der Waals surface area contributed by atoms with Crippen molar-refractivity contribution in [3.63, 3.8) is 0 Å². The molecule has 0 saturated heterocycles. The predicted octanol–water partition coefficient (Wildman–Crippen LogP) is 2.91. The fourth-order valence-electron chi connectivity index (χ4n) is 2.24. The number of nitrogen functional groups attached to an aromatic ring is 1. The van der Waals surface area contributed by atoms with Crippen LogP contribution in [0.3, 0.4) is 0 Å². The maximum atomic E-state index is 13.6. The second kappa shape index (κ2) is 5.89. The van der Waals surface area contributed by atoms with Gasteiger partial charge in [0.1, 0.15) is 5.82 Å². The molecule has 0 radical (unpaired) electrons. The zero-order valence-electron chi connectivity index (χ0n) is 10.2. The molecule has 0 unspecified atom stereocenters. The Hall–Kier alpha value is -0.810. The first-order valence-electron chi connectivity index (χ1n) is 6.25. The molecule has 1 aliphatic carbocycles. The van der Waals surface area contributed by atoms with Gasteiger partial charge in [0.25, 0.3) is 0 Å². The fourth-order valence-corrected chi connectivity index (χ4v) is 2.60. The molecule has 2 rings (SSSR count). The monoisotopic (exact) mass is 316 g/mol. The first-order chi connectivity index (χ1) is 8.63. The van der Waals surface area contributed by atoms with Crippen LogP contribution in [0.25, 0.3) is 0 Å². The smallest absolute Gasteiger partial charge is 0.139 e. The molecule has 1 aromatic carbocycles. The Labute approximate surface area is 115 Å². The summed E-state index contributed by atoms with van der Waals surface area (Å²) in [5.41, 5.74) is 7.30. The second-order valence-corrected chi connectivity index (χ2v) is 5.53. The van der Waals surface area contributed by atoms with E-state index < -0.39 is 0 Å². The second-order valence-electron chi connectivity index (χ2n) is 4.68. The standard InChI is InChI=1S/C13H18BrFN2O/c14-10-7-12(16)13(8-11(10)15)17(5-2-6-18)9-3-1-4-9/h7-9,18H,1-6,16H2. The van der Waals surface area contributed by atoms with Crippen molar-refractivity contribution in [2.24, 2.45) is 0 Å². The number of aliphatic hydroxyl groups excluding tert-OH is 1. The van der Waals surface area contributed by atoms with Crippen molar-refractivity contribution >= 4 is 27.3 Å². The van der Waals surface area contributed by atoms with Gasteiger partial charge < -0.3 is 15.7 Å². The van der Waals surface area contributed by atoms with Gasteiger partial charge in [0.05, 0.1) is 15.8 Å². The highest BCUT2D eigenvalue weighted by Crippen LogP contribution is 2.35. The summed E-state index contributed by atoms with van der Waals surface area (Å²) >= 11 is 3.14. The molecule has 0 heterocycles. The van der Waals surface area contributed by atoms with Crippen LogP contribution in [0.4, 0.5) is 15.8 Å². The topological polar surface area (TPSA) is 49.5 Å². The fraction of sp³-hybridized carbons (Fsp3) is 0.538. The van der Waals surface area contributed by atoms with E-state index in [1.807, 2.05) is 0 Å². The van der Waals surface area contributed by atoms with E-state index in [1.54, 1.807) is 6.07 Å². The molecule has 0 amide bonds. The van der Waals surface area contributed by atoms with Gasteiger partial charge in [0.15, 0.2) is 0 Å². The van der Waals surface area contributed by atoms with Crippen LogP contribution in [-0.2, 0) is 0 Å². The lowest BCUT2D eigenvalue weighted by atomic mass is 9.90. The van der Waals surface area contributed by atoms with Gasteiger partial charge in [0.2, 0.25) is 0 Å². The molecule has 0 atom stereocenters. The summed E-state index contributed by atoms with van der Waals surface area (Å²) in [7, 11) is 0. The molecule has 1 aromatic rings. The average molecular weight is 317 g/mol. The van der Waals surface area contributed by atoms with E-state index in [0.717, 1.165) is 18.5 Å². The van der Waals surface area contributed by atoms with Crippen LogP contribution < -0.4 is 10.6 Å². The van der Waals surface area contributed by atoms with Crippen LogP contribution >= 0.6 is 15.9 Å². The van der Waals surface area contributed by atoms with E-state index in [1.165, 1.54) is 12.5 Å². The number of aliphatic hydroxyl groups is 1. The molecular weight excluding hydrogens is 299 g/mol. The van der Waals surface area contributed by atoms with Crippen LogP contribution in [-0.4, -0.2) is 24.3 Å². The SMILES string of the molecule is Nc1cc(Br)c(F)cc1N(CCCO)C1CCC1. The van der Waals surface area contributed by atoms with E-state index in [0.29, 0.717) is 29.2 Å². The van der Waals surface area contributed by atoms with E-state index in [2.05, 4.69) is 20.8 Å². The Bertz CT molecular complexity index is 424. The van der Waals surface area contributed by atoms with Crippen LogP contribution in [0.15, 0.2) is 16.6 Å². The van der Waals surface area contributed by atoms with E-state index in [-0.39, 0.29) is 12.4 Å². The highest BCUT2D eigenvalue weighted by molar-refractivity contribution is 9.10. The minimum atomic E-state index is -0.299. The summed E-state index contributed by atoms with van der Waals surface area (Å²) in [6.45, 7) is 0.856. The lowest BCUT2D eigenvalue weighted by molar-refractivity contribution is 0.283. The van der Waals surface area contributed by atoms with Crippen LogP contribution in [0, 0.1) is 5.82 Å². The molecular formula is C13H18BrFN2O. The first-order valence-corrected chi connectivity index (χ1v) is 7.05. The lowest BCUT2D eigenvalue weighted by Crippen LogP contribution is -2.41. The van der Waals surface area contributed by atoms with Gasteiger partial charge in [-0.2, -0.15) is 0 Å². The molecule has 0 spiro atoms. The summed E-state index contributed by atoms with van der Waals surface area (Å²) < 4.78 is 14.0. The predicted molar refractivity (Wildman–Crippen MR) is 75.2 cm³/mol. The molecule has 0 bridgehead atoms. The minimum Gasteiger partial charge on any atom is -0.397 e. The molecule has 0 aromatic heterocycles. The Morgan fingerprint density at radius 2 is 2.17 bits per heavy atom. The number of halogens is 2. The highest BCUT2D eigenvalue weighted by Gasteiger charge is 2.26. The molecule has 1 fully saturated rings. The average Bonchev–Trinajstić information content (AvgIpc) is 2.27. The number of nitrogens with zero attached hydrogens (tertiary/aromatic N) is 1. The number of benzene rings is 1. The van der Waals surface area contributed by atoms with E-state index in [9.17, 15) is 4.39 Å². The zero-order chi connectivity index (χ0) is 13.1. The van der Waals surface area contributed by atoms with Crippen molar-refractivity contribution in [3.05, 3.63) is 22.4 Å². The van der Waals surface area contributed by atoms with Crippen LogP contribution in [0.5, 0.6) is 0 Å². The summed E-state index contributed by atoms with van der Waals surface area (Å²) in [5, 5.41) is 8.96. The van der Waals surface area contributed by atoms with Crippen molar-refractivity contribution in [1.82, 2.24) is 0 Å². The molecule has 1 saturated carbocycles. The van der Waals surface area contributed by atoms with Crippen molar-refractivity contribution in [2.45, 2.75) is 31.7 Å². The zero-order valence-corrected chi connectivity index (χ0v) is 11.8. The summed E-state index contributed by atoms with van der Waals surface area (Å²) in [5.74, 6) is -0.299. The van der Waals surface area contributed by atoms with Crippen LogP contribution in [0.1, 0.15) is 25.7 Å². The molecule has 5 heteroatoms. The number of hydrogen-bond acceptors (Lipinski definition) is 3. The Kier molecular flexibility index (Phi) is 4.45. The number of rotatable bonds is 5. The van der Waals surface area contributed by atoms with Gasteiger partial charge in [-0.3, -0.25) is 0 Å². The number of nitrogens with two attached hydrogens (primary N) is 1. The molecule has 100 valence electrons. The maximum Gasteiger partial charge on any atom is 0.139 e. The Morgan fingerprint density at radius 3 is 2.72 bits per heavy atom. The molecule has 1 aliphatic rings. The normalized spacial score (nSPS) is 15.5. The van der Waals surface area contributed by atoms with Crippen molar-refractivity contribution in [2.75, 3.05) is 23.8 Å². The van der Waals surface area contributed by atoms with Crippen LogP contribution in [0.2, 0.25) is 0 Å². The van der Waals surface area contributed by atoms with Gasteiger partial charge in [-0.15, -0.1) is 0 Å². The summed E-state index contributed by atoms with van der Waals surface area (Å²) in [6.07, 6.45) is 4.11. The number of hydrogen-bond donors (Lipinski definition) is 2. The Morgan fingerprint density at radius 1 is 1.44 bits per heavy atom. The molecule has 18 heavy (non-hydrogen) atoms.